The van der Waals surface area contributed by atoms with E-state index >= 15 is 0 Å². The standard InChI is InChI=1S/C7H12N5O3P/c13-16(14,15)7-10-5-9-6(11-7)12-3-1-8-2-4-12/h5,8H,1-4H2,(H2,13,14,15). The summed E-state index contributed by atoms with van der Waals surface area (Å²) in [4.78, 5) is 30.9. The summed E-state index contributed by atoms with van der Waals surface area (Å²) in [6.07, 6.45) is 1.12. The number of hydrogen-bond acceptors (Lipinski definition) is 6. The topological polar surface area (TPSA) is 111 Å². The number of rotatable bonds is 2. The van der Waals surface area contributed by atoms with Crippen molar-refractivity contribution in [3.05, 3.63) is 6.33 Å². The fourth-order valence-corrected chi connectivity index (χ4v) is 1.86. The van der Waals surface area contributed by atoms with Crippen molar-refractivity contribution in [1.82, 2.24) is 20.3 Å². The Morgan fingerprint density at radius 1 is 1.31 bits per heavy atom. The average molecular weight is 245 g/mol. The molecule has 3 N–H and O–H groups in total. The van der Waals surface area contributed by atoms with Gasteiger partial charge in [0.2, 0.25) is 11.5 Å². The van der Waals surface area contributed by atoms with Crippen molar-refractivity contribution >= 4 is 19.1 Å². The maximum Gasteiger partial charge on any atom is 0.393 e. The van der Waals surface area contributed by atoms with E-state index < -0.39 is 13.2 Å². The number of aromatic nitrogens is 3. The van der Waals surface area contributed by atoms with E-state index in [1.54, 1.807) is 0 Å². The fourth-order valence-electron chi connectivity index (χ4n) is 1.44. The van der Waals surface area contributed by atoms with Crippen LogP contribution in [0.4, 0.5) is 5.95 Å². The highest BCUT2D eigenvalue weighted by Gasteiger charge is 2.23. The van der Waals surface area contributed by atoms with Crippen LogP contribution < -0.4 is 15.8 Å². The van der Waals surface area contributed by atoms with Gasteiger partial charge in [-0.3, -0.25) is 4.57 Å². The zero-order valence-corrected chi connectivity index (χ0v) is 9.34. The lowest BCUT2D eigenvalue weighted by atomic mass is 10.4. The zero-order chi connectivity index (χ0) is 11.6. The summed E-state index contributed by atoms with van der Waals surface area (Å²) in [5, 5.41) is 3.16. The zero-order valence-electron chi connectivity index (χ0n) is 8.44. The van der Waals surface area contributed by atoms with E-state index in [0.29, 0.717) is 19.0 Å². The van der Waals surface area contributed by atoms with Gasteiger partial charge in [0.1, 0.15) is 6.33 Å². The Kier molecular flexibility index (Phi) is 3.15. The van der Waals surface area contributed by atoms with E-state index in [-0.39, 0.29) is 0 Å². The number of anilines is 1. The van der Waals surface area contributed by atoms with Gasteiger partial charge in [-0.1, -0.05) is 0 Å². The number of nitrogens with zero attached hydrogens (tertiary/aromatic N) is 4. The molecule has 88 valence electrons. The third kappa shape index (κ3) is 2.53. The van der Waals surface area contributed by atoms with E-state index in [9.17, 15) is 4.57 Å². The van der Waals surface area contributed by atoms with Crippen molar-refractivity contribution in [2.45, 2.75) is 0 Å². The largest absolute Gasteiger partial charge is 0.393 e. The Morgan fingerprint density at radius 3 is 2.62 bits per heavy atom. The molecule has 0 aromatic carbocycles. The van der Waals surface area contributed by atoms with Crippen LogP contribution in [0, 0.1) is 0 Å². The third-order valence-corrected chi connectivity index (χ3v) is 2.94. The van der Waals surface area contributed by atoms with Crippen molar-refractivity contribution in [2.24, 2.45) is 0 Å². The van der Waals surface area contributed by atoms with Gasteiger partial charge in [0, 0.05) is 26.2 Å². The van der Waals surface area contributed by atoms with Crippen LogP contribution in [0.5, 0.6) is 0 Å². The summed E-state index contributed by atoms with van der Waals surface area (Å²) in [5.41, 5.74) is -0.476. The van der Waals surface area contributed by atoms with Crippen LogP contribution in [-0.4, -0.2) is 50.9 Å². The Hall–Kier alpha value is -1.08. The van der Waals surface area contributed by atoms with Gasteiger partial charge in [-0.15, -0.1) is 0 Å². The van der Waals surface area contributed by atoms with Crippen LogP contribution in [0.25, 0.3) is 0 Å². The van der Waals surface area contributed by atoms with Crippen molar-refractivity contribution in [2.75, 3.05) is 31.1 Å². The summed E-state index contributed by atoms with van der Waals surface area (Å²) in [5.74, 6) is 0.315. The second-order valence-electron chi connectivity index (χ2n) is 3.37. The second kappa shape index (κ2) is 4.42. The van der Waals surface area contributed by atoms with E-state index in [2.05, 4.69) is 20.3 Å². The van der Waals surface area contributed by atoms with Crippen molar-refractivity contribution in [1.29, 1.82) is 0 Å². The molecule has 0 amide bonds. The van der Waals surface area contributed by atoms with Crippen LogP contribution in [0.15, 0.2) is 6.33 Å². The molecule has 1 aromatic heterocycles. The number of hydrogen-bond donors (Lipinski definition) is 3. The second-order valence-corrected chi connectivity index (χ2v) is 4.85. The Balaban J connectivity index is 2.24. The normalized spacial score (nSPS) is 17.5. The molecule has 2 rings (SSSR count). The first-order valence-electron chi connectivity index (χ1n) is 4.78. The lowest BCUT2D eigenvalue weighted by molar-refractivity contribution is 0.384. The summed E-state index contributed by atoms with van der Waals surface area (Å²) in [6.45, 7) is 3.03. The molecule has 0 aliphatic carbocycles. The van der Waals surface area contributed by atoms with Gasteiger partial charge < -0.3 is 20.0 Å². The number of piperazine rings is 1. The average Bonchev–Trinajstić information content (AvgIpc) is 2.29. The monoisotopic (exact) mass is 245 g/mol. The predicted octanol–water partition coefficient (Wildman–Crippen LogP) is -1.92. The smallest absolute Gasteiger partial charge is 0.338 e. The molecule has 2 heterocycles. The summed E-state index contributed by atoms with van der Waals surface area (Å²) >= 11 is 0. The summed E-state index contributed by atoms with van der Waals surface area (Å²) in [7, 11) is -4.40. The highest BCUT2D eigenvalue weighted by Crippen LogP contribution is 2.30. The fraction of sp³-hybridized carbons (Fsp3) is 0.571. The maximum atomic E-state index is 11.0. The Labute approximate surface area is 91.9 Å². The maximum absolute atomic E-state index is 11.0. The SMILES string of the molecule is O=P(O)(O)c1ncnc(N2CCNCC2)n1. The molecule has 8 nitrogen and oxygen atoms in total. The first kappa shape index (κ1) is 11.4. The molecular formula is C7H12N5O3P. The number of nitrogens with one attached hydrogen (secondary N) is 1. The molecule has 0 atom stereocenters. The molecule has 16 heavy (non-hydrogen) atoms. The first-order valence-corrected chi connectivity index (χ1v) is 6.39. The quantitative estimate of drug-likeness (QED) is 0.517. The molecule has 0 unspecified atom stereocenters. The molecular weight excluding hydrogens is 233 g/mol. The lowest BCUT2D eigenvalue weighted by Crippen LogP contribution is -2.44. The molecule has 0 bridgehead atoms. The molecule has 1 aromatic rings. The van der Waals surface area contributed by atoms with Gasteiger partial charge in [-0.2, -0.15) is 4.98 Å². The molecule has 9 heteroatoms. The Morgan fingerprint density at radius 2 is 2.00 bits per heavy atom. The van der Waals surface area contributed by atoms with E-state index in [1.807, 2.05) is 4.90 Å². The molecule has 0 radical (unpaired) electrons. The molecule has 0 spiro atoms. The first-order chi connectivity index (χ1) is 7.57. The van der Waals surface area contributed by atoms with E-state index in [4.69, 9.17) is 9.79 Å². The minimum atomic E-state index is -4.40. The molecule has 1 fully saturated rings. The molecule has 1 aliphatic rings. The van der Waals surface area contributed by atoms with Gasteiger partial charge in [0.15, 0.2) is 0 Å². The molecule has 1 aliphatic heterocycles. The third-order valence-electron chi connectivity index (χ3n) is 2.21. The minimum absolute atomic E-state index is 0.315. The van der Waals surface area contributed by atoms with Gasteiger partial charge in [-0.25, -0.2) is 9.97 Å². The van der Waals surface area contributed by atoms with Crippen LogP contribution in [0.2, 0.25) is 0 Å². The lowest BCUT2D eigenvalue weighted by Gasteiger charge is -2.27. The van der Waals surface area contributed by atoms with Crippen molar-refractivity contribution in [3.63, 3.8) is 0 Å². The van der Waals surface area contributed by atoms with Crippen LogP contribution in [0.1, 0.15) is 0 Å². The highest BCUT2D eigenvalue weighted by atomic mass is 31.2. The summed E-state index contributed by atoms with van der Waals surface area (Å²) < 4.78 is 11.0. The van der Waals surface area contributed by atoms with Gasteiger partial charge >= 0.3 is 7.60 Å². The van der Waals surface area contributed by atoms with E-state index in [1.165, 1.54) is 0 Å². The molecule has 0 saturated carbocycles. The Bertz CT molecular complexity index is 416. The van der Waals surface area contributed by atoms with Gasteiger partial charge in [-0.05, 0) is 0 Å². The predicted molar refractivity (Wildman–Crippen MR) is 56.6 cm³/mol. The van der Waals surface area contributed by atoms with E-state index in [0.717, 1.165) is 19.4 Å². The van der Waals surface area contributed by atoms with Gasteiger partial charge in [0.05, 0.1) is 0 Å². The van der Waals surface area contributed by atoms with Crippen molar-refractivity contribution in [3.8, 4) is 0 Å². The summed E-state index contributed by atoms with van der Waals surface area (Å²) in [6, 6.07) is 0. The van der Waals surface area contributed by atoms with Crippen LogP contribution in [0.3, 0.4) is 0 Å². The minimum Gasteiger partial charge on any atom is -0.338 e. The van der Waals surface area contributed by atoms with Crippen LogP contribution >= 0.6 is 7.60 Å². The van der Waals surface area contributed by atoms with Crippen LogP contribution in [-0.2, 0) is 4.57 Å². The van der Waals surface area contributed by atoms with Crippen molar-refractivity contribution < 1.29 is 14.4 Å². The van der Waals surface area contributed by atoms with Gasteiger partial charge in [0.25, 0.3) is 0 Å². The highest BCUT2D eigenvalue weighted by molar-refractivity contribution is 7.59. The molecule has 1 saturated heterocycles.